The van der Waals surface area contributed by atoms with E-state index in [1.54, 1.807) is 0 Å². The standard InChI is InChI=1S/C11H24N2/c1-10-4-6-11(7-5-10)12-8-9-13(2)3/h10-12H,4-9H2,1-3H3/t10-,11+. The molecule has 0 heterocycles. The Bertz CT molecular complexity index is 126. The highest BCUT2D eigenvalue weighted by molar-refractivity contribution is 4.75. The van der Waals surface area contributed by atoms with Crippen LogP contribution in [0, 0.1) is 5.92 Å². The number of nitrogens with zero attached hydrogens (tertiary/aromatic N) is 1. The maximum absolute atomic E-state index is 3.63. The minimum absolute atomic E-state index is 0.802. The second-order valence-corrected chi connectivity index (χ2v) is 4.71. The molecule has 2 heteroatoms. The third-order valence-corrected chi connectivity index (χ3v) is 3.01. The lowest BCUT2D eigenvalue weighted by Gasteiger charge is -2.27. The van der Waals surface area contributed by atoms with Crippen molar-refractivity contribution in [3.8, 4) is 0 Å². The molecule has 0 spiro atoms. The highest BCUT2D eigenvalue weighted by atomic mass is 15.1. The van der Waals surface area contributed by atoms with Crippen molar-refractivity contribution in [3.63, 3.8) is 0 Å². The number of nitrogens with one attached hydrogen (secondary N) is 1. The summed E-state index contributed by atoms with van der Waals surface area (Å²) in [5.74, 6) is 0.965. The van der Waals surface area contributed by atoms with E-state index >= 15 is 0 Å². The third kappa shape index (κ3) is 4.63. The molecule has 0 aliphatic heterocycles. The predicted octanol–water partition coefficient (Wildman–Crippen LogP) is 1.72. The van der Waals surface area contributed by atoms with Crippen molar-refractivity contribution in [1.29, 1.82) is 0 Å². The van der Waals surface area contributed by atoms with E-state index in [-0.39, 0.29) is 0 Å². The maximum Gasteiger partial charge on any atom is 0.0101 e. The third-order valence-electron chi connectivity index (χ3n) is 3.01. The summed E-state index contributed by atoms with van der Waals surface area (Å²) in [6.07, 6.45) is 5.60. The topological polar surface area (TPSA) is 15.3 Å². The smallest absolute Gasteiger partial charge is 0.0101 e. The average Bonchev–Trinajstić information content (AvgIpc) is 2.08. The summed E-state index contributed by atoms with van der Waals surface area (Å²) in [7, 11) is 4.26. The van der Waals surface area contributed by atoms with Gasteiger partial charge in [0, 0.05) is 19.1 Å². The monoisotopic (exact) mass is 184 g/mol. The molecule has 0 aromatic heterocycles. The Hall–Kier alpha value is -0.0800. The Morgan fingerprint density at radius 2 is 1.77 bits per heavy atom. The Kier molecular flexibility index (Phi) is 4.74. The molecule has 1 rings (SSSR count). The van der Waals surface area contributed by atoms with Gasteiger partial charge in [0.1, 0.15) is 0 Å². The second kappa shape index (κ2) is 5.61. The quantitative estimate of drug-likeness (QED) is 0.715. The summed E-state index contributed by atoms with van der Waals surface area (Å²) in [6, 6.07) is 0.802. The minimum atomic E-state index is 0.802. The van der Waals surface area contributed by atoms with Gasteiger partial charge in [0.25, 0.3) is 0 Å². The molecule has 0 radical (unpaired) electrons. The first-order chi connectivity index (χ1) is 6.18. The van der Waals surface area contributed by atoms with Crippen LogP contribution in [-0.2, 0) is 0 Å². The number of likely N-dealkylation sites (N-methyl/N-ethyl adjacent to an activating group) is 1. The number of hydrogen-bond acceptors (Lipinski definition) is 2. The Morgan fingerprint density at radius 1 is 1.15 bits per heavy atom. The van der Waals surface area contributed by atoms with Gasteiger partial charge >= 0.3 is 0 Å². The SMILES string of the molecule is CN(C)CCN[C@H]1CC[C@@H](C)CC1. The molecular formula is C11H24N2. The van der Waals surface area contributed by atoms with Gasteiger partial charge in [-0.2, -0.15) is 0 Å². The zero-order chi connectivity index (χ0) is 9.68. The fourth-order valence-corrected chi connectivity index (χ4v) is 1.96. The molecule has 2 nitrogen and oxygen atoms in total. The molecule has 0 aromatic carbocycles. The van der Waals surface area contributed by atoms with Crippen LogP contribution in [0.5, 0.6) is 0 Å². The van der Waals surface area contributed by atoms with Crippen LogP contribution in [0.25, 0.3) is 0 Å². The summed E-state index contributed by atoms with van der Waals surface area (Å²) >= 11 is 0. The summed E-state index contributed by atoms with van der Waals surface area (Å²) in [4.78, 5) is 2.23. The van der Waals surface area contributed by atoms with Gasteiger partial charge in [-0.25, -0.2) is 0 Å². The number of hydrogen-bond donors (Lipinski definition) is 1. The molecule has 0 bridgehead atoms. The second-order valence-electron chi connectivity index (χ2n) is 4.71. The first kappa shape index (κ1) is 11.0. The molecule has 1 aliphatic carbocycles. The molecule has 1 aliphatic rings. The molecule has 0 aromatic rings. The van der Waals surface area contributed by atoms with Gasteiger partial charge in [-0.05, 0) is 45.7 Å². The fraction of sp³-hybridized carbons (Fsp3) is 1.00. The molecule has 78 valence electrons. The molecule has 1 saturated carbocycles. The molecule has 0 atom stereocenters. The Labute approximate surface area is 82.7 Å². The van der Waals surface area contributed by atoms with Gasteiger partial charge in [-0.3, -0.25) is 0 Å². The van der Waals surface area contributed by atoms with Crippen LogP contribution in [0.2, 0.25) is 0 Å². The normalized spacial score (nSPS) is 29.5. The lowest BCUT2D eigenvalue weighted by molar-refractivity contribution is 0.295. The molecule has 13 heavy (non-hydrogen) atoms. The van der Waals surface area contributed by atoms with Gasteiger partial charge in [0.05, 0.1) is 0 Å². The van der Waals surface area contributed by atoms with Crippen molar-refractivity contribution in [2.75, 3.05) is 27.2 Å². The summed E-state index contributed by atoms with van der Waals surface area (Å²) in [5, 5.41) is 3.63. The highest BCUT2D eigenvalue weighted by Crippen LogP contribution is 2.23. The van der Waals surface area contributed by atoms with E-state index < -0.39 is 0 Å². The zero-order valence-electron chi connectivity index (χ0n) is 9.34. The van der Waals surface area contributed by atoms with E-state index in [0.717, 1.165) is 25.0 Å². The van der Waals surface area contributed by atoms with Gasteiger partial charge in [0.15, 0.2) is 0 Å². The van der Waals surface area contributed by atoms with E-state index in [1.807, 2.05) is 0 Å². The van der Waals surface area contributed by atoms with Crippen LogP contribution in [0.15, 0.2) is 0 Å². The van der Waals surface area contributed by atoms with E-state index in [9.17, 15) is 0 Å². The van der Waals surface area contributed by atoms with Crippen molar-refractivity contribution in [3.05, 3.63) is 0 Å². The van der Waals surface area contributed by atoms with Gasteiger partial charge < -0.3 is 10.2 Å². The van der Waals surface area contributed by atoms with E-state index in [2.05, 4.69) is 31.2 Å². The van der Waals surface area contributed by atoms with Crippen LogP contribution in [0.1, 0.15) is 32.6 Å². The van der Waals surface area contributed by atoms with E-state index in [1.165, 1.54) is 25.7 Å². The van der Waals surface area contributed by atoms with E-state index in [4.69, 9.17) is 0 Å². The lowest BCUT2D eigenvalue weighted by Crippen LogP contribution is -2.37. The van der Waals surface area contributed by atoms with Gasteiger partial charge in [-0.1, -0.05) is 6.92 Å². The fourth-order valence-electron chi connectivity index (χ4n) is 1.96. The molecular weight excluding hydrogens is 160 g/mol. The summed E-state index contributed by atoms with van der Waals surface area (Å²) in [5.41, 5.74) is 0. The molecule has 0 unspecified atom stereocenters. The van der Waals surface area contributed by atoms with Crippen molar-refractivity contribution >= 4 is 0 Å². The van der Waals surface area contributed by atoms with Crippen molar-refractivity contribution < 1.29 is 0 Å². The van der Waals surface area contributed by atoms with Gasteiger partial charge in [-0.15, -0.1) is 0 Å². The van der Waals surface area contributed by atoms with E-state index in [0.29, 0.717) is 0 Å². The predicted molar refractivity (Wildman–Crippen MR) is 58.0 cm³/mol. The minimum Gasteiger partial charge on any atom is -0.313 e. The zero-order valence-corrected chi connectivity index (χ0v) is 9.34. The van der Waals surface area contributed by atoms with Crippen molar-refractivity contribution in [2.45, 2.75) is 38.6 Å². The average molecular weight is 184 g/mol. The molecule has 0 saturated heterocycles. The van der Waals surface area contributed by atoms with Crippen LogP contribution in [-0.4, -0.2) is 38.1 Å². The Balaban J connectivity index is 2.02. The summed E-state index contributed by atoms with van der Waals surface area (Å²) < 4.78 is 0. The Morgan fingerprint density at radius 3 is 2.31 bits per heavy atom. The van der Waals surface area contributed by atoms with Crippen LogP contribution in [0.3, 0.4) is 0 Å². The van der Waals surface area contributed by atoms with Crippen molar-refractivity contribution in [1.82, 2.24) is 10.2 Å². The first-order valence-corrected chi connectivity index (χ1v) is 5.56. The van der Waals surface area contributed by atoms with Crippen LogP contribution < -0.4 is 5.32 Å². The van der Waals surface area contributed by atoms with Gasteiger partial charge in [0.2, 0.25) is 0 Å². The summed E-state index contributed by atoms with van der Waals surface area (Å²) in [6.45, 7) is 4.67. The number of rotatable bonds is 4. The first-order valence-electron chi connectivity index (χ1n) is 5.56. The van der Waals surface area contributed by atoms with Crippen LogP contribution >= 0.6 is 0 Å². The van der Waals surface area contributed by atoms with Crippen molar-refractivity contribution in [2.24, 2.45) is 5.92 Å². The highest BCUT2D eigenvalue weighted by Gasteiger charge is 2.16. The maximum atomic E-state index is 3.63. The molecule has 1 N–H and O–H groups in total. The molecule has 0 amide bonds. The molecule has 1 fully saturated rings. The lowest BCUT2D eigenvalue weighted by atomic mass is 9.87. The largest absolute Gasteiger partial charge is 0.313 e. The van der Waals surface area contributed by atoms with Crippen LogP contribution in [0.4, 0.5) is 0 Å².